The number of hydrogen-bond donors (Lipinski definition) is 1. The van der Waals surface area contributed by atoms with Gasteiger partial charge in [-0.05, 0) is 45.0 Å². The van der Waals surface area contributed by atoms with Crippen molar-refractivity contribution in [2.75, 3.05) is 5.32 Å². The standard InChI is InChI=1S/C15H15F3N2O3S2/c1-9-8-19-13(24-9)20-12(21)14(2,3)25(22,23)11-6-4-10(5-7-11)15(16,17)18/h4-8H,1-3H3,(H,19,20,21). The van der Waals surface area contributed by atoms with Crippen LogP contribution in [0.25, 0.3) is 0 Å². The van der Waals surface area contributed by atoms with Crippen molar-refractivity contribution < 1.29 is 26.4 Å². The zero-order valence-corrected chi connectivity index (χ0v) is 15.1. The molecule has 2 aromatic rings. The second-order valence-corrected chi connectivity index (χ2v) is 9.50. The van der Waals surface area contributed by atoms with E-state index in [2.05, 4.69) is 10.3 Å². The van der Waals surface area contributed by atoms with Crippen molar-refractivity contribution >= 4 is 32.2 Å². The van der Waals surface area contributed by atoms with Crippen LogP contribution in [0.15, 0.2) is 35.4 Å². The third-order valence-corrected chi connectivity index (χ3v) is 6.80. The number of sulfone groups is 1. The van der Waals surface area contributed by atoms with Gasteiger partial charge in [-0.2, -0.15) is 13.2 Å². The molecule has 1 N–H and O–H groups in total. The van der Waals surface area contributed by atoms with Gasteiger partial charge in [-0.25, -0.2) is 13.4 Å². The molecule has 0 saturated carbocycles. The zero-order chi connectivity index (χ0) is 19.0. The second-order valence-electron chi connectivity index (χ2n) is 5.77. The van der Waals surface area contributed by atoms with Crippen LogP contribution in [-0.4, -0.2) is 24.1 Å². The maximum atomic E-state index is 12.7. The van der Waals surface area contributed by atoms with Gasteiger partial charge in [-0.15, -0.1) is 11.3 Å². The lowest BCUT2D eigenvalue weighted by Crippen LogP contribution is -2.44. The minimum Gasteiger partial charge on any atom is -0.301 e. The van der Waals surface area contributed by atoms with E-state index in [1.54, 1.807) is 6.92 Å². The van der Waals surface area contributed by atoms with Crippen LogP contribution >= 0.6 is 11.3 Å². The van der Waals surface area contributed by atoms with Gasteiger partial charge < -0.3 is 5.32 Å². The van der Waals surface area contributed by atoms with Crippen LogP contribution in [0.2, 0.25) is 0 Å². The van der Waals surface area contributed by atoms with E-state index in [0.29, 0.717) is 12.1 Å². The number of anilines is 1. The number of alkyl halides is 3. The minimum atomic E-state index is -4.57. The molecule has 0 bridgehead atoms. The molecular formula is C15H15F3N2O3S2. The number of thiazole rings is 1. The summed E-state index contributed by atoms with van der Waals surface area (Å²) in [5, 5.41) is 2.67. The fourth-order valence-corrected chi connectivity index (χ4v) is 3.94. The molecule has 0 aliphatic rings. The summed E-state index contributed by atoms with van der Waals surface area (Å²) in [6, 6.07) is 3.04. The number of nitrogens with zero attached hydrogens (tertiary/aromatic N) is 1. The van der Waals surface area contributed by atoms with E-state index in [1.807, 2.05) is 0 Å². The SMILES string of the molecule is Cc1cnc(NC(=O)C(C)(C)S(=O)(=O)c2ccc(C(F)(F)F)cc2)s1. The first kappa shape index (κ1) is 19.4. The molecule has 10 heteroatoms. The Morgan fingerprint density at radius 3 is 2.16 bits per heavy atom. The van der Waals surface area contributed by atoms with E-state index in [1.165, 1.54) is 31.4 Å². The highest BCUT2D eigenvalue weighted by molar-refractivity contribution is 7.93. The summed E-state index contributed by atoms with van der Waals surface area (Å²) in [6.07, 6.45) is -3.05. The number of aryl methyl sites for hydroxylation is 1. The Labute approximate surface area is 146 Å². The molecular weight excluding hydrogens is 377 g/mol. The van der Waals surface area contributed by atoms with E-state index in [0.717, 1.165) is 17.0 Å². The summed E-state index contributed by atoms with van der Waals surface area (Å²) < 4.78 is 61.3. The number of benzene rings is 1. The summed E-state index contributed by atoms with van der Waals surface area (Å²) in [5.74, 6) is -0.818. The number of aromatic nitrogens is 1. The van der Waals surface area contributed by atoms with Crippen LogP contribution in [0, 0.1) is 6.92 Å². The van der Waals surface area contributed by atoms with Crippen LogP contribution < -0.4 is 5.32 Å². The largest absolute Gasteiger partial charge is 0.416 e. The van der Waals surface area contributed by atoms with Crippen molar-refractivity contribution in [1.82, 2.24) is 4.98 Å². The molecule has 2 rings (SSSR count). The van der Waals surface area contributed by atoms with Crippen LogP contribution in [0.5, 0.6) is 0 Å². The number of nitrogens with one attached hydrogen (secondary N) is 1. The Kier molecular flexibility index (Phi) is 4.97. The summed E-state index contributed by atoms with van der Waals surface area (Å²) in [6.45, 7) is 4.16. The molecule has 0 radical (unpaired) electrons. The van der Waals surface area contributed by atoms with Crippen molar-refractivity contribution in [3.8, 4) is 0 Å². The van der Waals surface area contributed by atoms with E-state index >= 15 is 0 Å². The normalized spacial score (nSPS) is 12.9. The molecule has 1 aromatic heterocycles. The van der Waals surface area contributed by atoms with Gasteiger partial charge in [0.1, 0.15) is 4.75 Å². The first-order valence-electron chi connectivity index (χ1n) is 7.01. The second kappa shape index (κ2) is 6.41. The molecule has 0 atom stereocenters. The lowest BCUT2D eigenvalue weighted by atomic mass is 10.2. The summed E-state index contributed by atoms with van der Waals surface area (Å²) >= 11 is 1.18. The Morgan fingerprint density at radius 1 is 1.16 bits per heavy atom. The molecule has 0 fully saturated rings. The van der Waals surface area contributed by atoms with Crippen LogP contribution in [0.3, 0.4) is 0 Å². The molecule has 0 spiro atoms. The van der Waals surface area contributed by atoms with Crippen LogP contribution in [0.1, 0.15) is 24.3 Å². The van der Waals surface area contributed by atoms with Gasteiger partial charge >= 0.3 is 6.18 Å². The van der Waals surface area contributed by atoms with E-state index in [-0.39, 0.29) is 10.0 Å². The van der Waals surface area contributed by atoms with Gasteiger partial charge in [-0.1, -0.05) is 0 Å². The Morgan fingerprint density at radius 2 is 1.72 bits per heavy atom. The van der Waals surface area contributed by atoms with Crippen molar-refractivity contribution in [1.29, 1.82) is 0 Å². The summed E-state index contributed by atoms with van der Waals surface area (Å²) in [5.41, 5.74) is -0.966. The molecule has 0 unspecified atom stereocenters. The molecule has 25 heavy (non-hydrogen) atoms. The number of hydrogen-bond acceptors (Lipinski definition) is 5. The third kappa shape index (κ3) is 3.84. The number of carbonyl (C=O) groups is 1. The van der Waals surface area contributed by atoms with Gasteiger partial charge in [0, 0.05) is 11.1 Å². The molecule has 0 aliphatic heterocycles. The van der Waals surface area contributed by atoms with Crippen molar-refractivity contribution in [2.24, 2.45) is 0 Å². The molecule has 0 saturated heterocycles. The fraction of sp³-hybridized carbons (Fsp3) is 0.333. The fourth-order valence-electron chi connectivity index (χ4n) is 1.90. The first-order valence-corrected chi connectivity index (χ1v) is 9.31. The van der Waals surface area contributed by atoms with Gasteiger partial charge in [0.2, 0.25) is 5.91 Å². The Balaban J connectivity index is 2.31. The van der Waals surface area contributed by atoms with E-state index < -0.39 is 32.2 Å². The molecule has 136 valence electrons. The number of halogens is 3. The molecule has 1 amide bonds. The van der Waals surface area contributed by atoms with Crippen molar-refractivity contribution in [2.45, 2.75) is 36.6 Å². The lowest BCUT2D eigenvalue weighted by Gasteiger charge is -2.23. The number of carbonyl (C=O) groups excluding carboxylic acids is 1. The van der Waals surface area contributed by atoms with Gasteiger partial charge in [0.25, 0.3) is 0 Å². The summed E-state index contributed by atoms with van der Waals surface area (Å²) in [7, 11) is -4.22. The van der Waals surface area contributed by atoms with Crippen molar-refractivity contribution in [3.63, 3.8) is 0 Å². The third-order valence-electron chi connectivity index (χ3n) is 3.55. The quantitative estimate of drug-likeness (QED) is 0.862. The maximum Gasteiger partial charge on any atom is 0.416 e. The van der Waals surface area contributed by atoms with Gasteiger partial charge in [-0.3, -0.25) is 4.79 Å². The average Bonchev–Trinajstić information content (AvgIpc) is 2.91. The highest BCUT2D eigenvalue weighted by Gasteiger charge is 2.43. The summed E-state index contributed by atoms with van der Waals surface area (Å²) in [4.78, 5) is 16.8. The smallest absolute Gasteiger partial charge is 0.301 e. The number of amides is 1. The maximum absolute atomic E-state index is 12.7. The molecule has 0 aliphatic carbocycles. The number of rotatable bonds is 4. The highest BCUT2D eigenvalue weighted by atomic mass is 32.2. The predicted molar refractivity (Wildman–Crippen MR) is 88.2 cm³/mol. The molecule has 1 aromatic carbocycles. The van der Waals surface area contributed by atoms with Crippen molar-refractivity contribution in [3.05, 3.63) is 40.9 Å². The van der Waals surface area contributed by atoms with Crippen LogP contribution in [0.4, 0.5) is 18.3 Å². The molecule has 1 heterocycles. The van der Waals surface area contributed by atoms with Crippen LogP contribution in [-0.2, 0) is 20.8 Å². The Hall–Kier alpha value is -1.94. The average molecular weight is 392 g/mol. The molecule has 5 nitrogen and oxygen atoms in total. The minimum absolute atomic E-state index is 0.248. The first-order chi connectivity index (χ1) is 11.4. The monoisotopic (exact) mass is 392 g/mol. The van der Waals surface area contributed by atoms with Gasteiger partial charge in [0.05, 0.1) is 10.5 Å². The van der Waals surface area contributed by atoms with E-state index in [4.69, 9.17) is 0 Å². The van der Waals surface area contributed by atoms with E-state index in [9.17, 15) is 26.4 Å². The lowest BCUT2D eigenvalue weighted by molar-refractivity contribution is -0.137. The highest BCUT2D eigenvalue weighted by Crippen LogP contribution is 2.32. The Bertz CT molecular complexity index is 885. The topological polar surface area (TPSA) is 76.1 Å². The van der Waals surface area contributed by atoms with Gasteiger partial charge in [0.15, 0.2) is 15.0 Å². The predicted octanol–water partition coefficient (Wildman–Crippen LogP) is 3.66. The zero-order valence-electron chi connectivity index (χ0n) is 13.5.